The highest BCUT2D eigenvalue weighted by molar-refractivity contribution is 5.95. The van der Waals surface area contributed by atoms with Crippen LogP contribution in [-0.2, 0) is 0 Å². The van der Waals surface area contributed by atoms with Gasteiger partial charge in [0, 0.05) is 24.7 Å². The number of rotatable bonds is 3. The van der Waals surface area contributed by atoms with Crippen LogP contribution in [0, 0.1) is 12.8 Å². The van der Waals surface area contributed by atoms with Crippen molar-refractivity contribution in [1.29, 1.82) is 0 Å². The average molecular weight is 265 g/mol. The van der Waals surface area contributed by atoms with Crippen molar-refractivity contribution in [2.45, 2.75) is 26.4 Å². The summed E-state index contributed by atoms with van der Waals surface area (Å²) in [6, 6.07) is 1.67. The summed E-state index contributed by atoms with van der Waals surface area (Å²) in [5.74, 6) is 0.763. The molecule has 0 saturated carbocycles. The minimum atomic E-state index is -0.335. The van der Waals surface area contributed by atoms with Crippen molar-refractivity contribution in [3.63, 3.8) is 0 Å². The number of aryl methyl sites for hydroxylation is 1. The number of aliphatic hydroxyl groups excluding tert-OH is 1. The lowest BCUT2D eigenvalue weighted by Crippen LogP contribution is -2.27. The second-order valence-corrected chi connectivity index (χ2v) is 4.92. The van der Waals surface area contributed by atoms with Gasteiger partial charge in [-0.2, -0.15) is 0 Å². The van der Waals surface area contributed by atoms with E-state index < -0.39 is 0 Å². The Kier molecular flexibility index (Phi) is 3.84. The summed E-state index contributed by atoms with van der Waals surface area (Å²) in [5.41, 5.74) is 6.72. The molecule has 0 aliphatic carbocycles. The minimum Gasteiger partial charge on any atom is -0.409 e. The Hall–Kier alpha value is -1.89. The van der Waals surface area contributed by atoms with Crippen LogP contribution < -0.4 is 10.6 Å². The Bertz CT molecular complexity index is 489. The van der Waals surface area contributed by atoms with Gasteiger partial charge in [0.25, 0.3) is 0 Å². The molecule has 0 radical (unpaired) electrons. The molecule has 4 N–H and O–H groups in total. The highest BCUT2D eigenvalue weighted by Gasteiger charge is 2.27. The van der Waals surface area contributed by atoms with Crippen molar-refractivity contribution in [2.75, 3.05) is 18.0 Å². The smallest absolute Gasteiger partial charge is 0.226 e. The van der Waals surface area contributed by atoms with E-state index in [1.807, 2.05) is 11.8 Å². The van der Waals surface area contributed by atoms with Crippen LogP contribution >= 0.6 is 0 Å². The quantitative estimate of drug-likeness (QED) is 0.309. The molecule has 0 aromatic carbocycles. The van der Waals surface area contributed by atoms with Gasteiger partial charge in [-0.25, -0.2) is 9.97 Å². The van der Waals surface area contributed by atoms with Crippen LogP contribution in [0.5, 0.6) is 0 Å². The predicted molar refractivity (Wildman–Crippen MR) is 71.3 cm³/mol. The predicted octanol–water partition coefficient (Wildman–Crippen LogP) is 0.0866. The number of nitrogens with two attached hydrogens (primary N) is 1. The van der Waals surface area contributed by atoms with E-state index in [4.69, 9.17) is 10.9 Å². The maximum atomic E-state index is 9.61. The molecule has 2 atom stereocenters. The van der Waals surface area contributed by atoms with Gasteiger partial charge in [0.2, 0.25) is 5.95 Å². The largest absolute Gasteiger partial charge is 0.409 e. The summed E-state index contributed by atoms with van der Waals surface area (Å²) in [5, 5.41) is 21.3. The highest BCUT2D eigenvalue weighted by atomic mass is 16.4. The highest BCUT2D eigenvalue weighted by Crippen LogP contribution is 2.23. The zero-order valence-electron chi connectivity index (χ0n) is 11.1. The fraction of sp³-hybridized carbons (Fsp3) is 0.583. The molecular formula is C12H19N5O2. The fourth-order valence-electron chi connectivity index (χ4n) is 2.24. The number of hydrogen-bond donors (Lipinski definition) is 3. The van der Waals surface area contributed by atoms with Gasteiger partial charge in [-0.05, 0) is 26.3 Å². The summed E-state index contributed by atoms with van der Waals surface area (Å²) in [7, 11) is 0. The molecule has 1 aliphatic heterocycles. The van der Waals surface area contributed by atoms with Crippen LogP contribution in [0.3, 0.4) is 0 Å². The first-order valence-electron chi connectivity index (χ1n) is 6.28. The van der Waals surface area contributed by atoms with E-state index in [0.29, 0.717) is 11.6 Å². The van der Waals surface area contributed by atoms with Crippen molar-refractivity contribution >= 4 is 11.8 Å². The van der Waals surface area contributed by atoms with Crippen LogP contribution in [0.2, 0.25) is 0 Å². The standard InChI is InChI=1S/C12H19N5O2/c1-7-5-10(11(13)16-19)15-12(14-7)17-4-3-9(6-17)8(2)18/h5,8-9,18-19H,3-4,6H2,1-2H3,(H2,13,16). The Morgan fingerprint density at radius 2 is 2.32 bits per heavy atom. The number of hydrogen-bond acceptors (Lipinski definition) is 6. The molecule has 7 heteroatoms. The lowest BCUT2D eigenvalue weighted by Gasteiger charge is -2.18. The molecule has 2 unspecified atom stereocenters. The van der Waals surface area contributed by atoms with Gasteiger partial charge in [-0.1, -0.05) is 5.16 Å². The molecule has 19 heavy (non-hydrogen) atoms. The SMILES string of the molecule is Cc1cc(/C(N)=N/O)nc(N2CCC(C(C)O)C2)n1. The lowest BCUT2D eigenvalue weighted by atomic mass is 10.0. The molecule has 104 valence electrons. The number of amidine groups is 1. The van der Waals surface area contributed by atoms with Crippen LogP contribution in [0.25, 0.3) is 0 Å². The molecule has 7 nitrogen and oxygen atoms in total. The fourth-order valence-corrected chi connectivity index (χ4v) is 2.24. The normalized spacial score (nSPS) is 21.7. The van der Waals surface area contributed by atoms with Gasteiger partial charge >= 0.3 is 0 Å². The van der Waals surface area contributed by atoms with Crippen LogP contribution in [0.15, 0.2) is 11.2 Å². The van der Waals surface area contributed by atoms with Gasteiger partial charge in [0.05, 0.1) is 6.10 Å². The molecule has 1 aliphatic rings. The third kappa shape index (κ3) is 2.93. The third-order valence-electron chi connectivity index (χ3n) is 3.40. The summed E-state index contributed by atoms with van der Waals surface area (Å²) in [6.45, 7) is 5.15. The first-order valence-corrected chi connectivity index (χ1v) is 6.28. The first-order chi connectivity index (χ1) is 9.01. The average Bonchev–Trinajstić information content (AvgIpc) is 2.86. The van der Waals surface area contributed by atoms with E-state index in [0.717, 1.165) is 25.2 Å². The number of anilines is 1. The Balaban J connectivity index is 2.24. The van der Waals surface area contributed by atoms with E-state index in [2.05, 4.69) is 15.1 Å². The van der Waals surface area contributed by atoms with E-state index in [-0.39, 0.29) is 17.9 Å². The van der Waals surface area contributed by atoms with Crippen molar-refractivity contribution < 1.29 is 10.3 Å². The Morgan fingerprint density at radius 1 is 1.58 bits per heavy atom. The van der Waals surface area contributed by atoms with Crippen LogP contribution in [0.1, 0.15) is 24.7 Å². The van der Waals surface area contributed by atoms with Crippen molar-refractivity contribution in [1.82, 2.24) is 9.97 Å². The van der Waals surface area contributed by atoms with Gasteiger partial charge in [-0.3, -0.25) is 0 Å². The molecule has 2 rings (SSSR count). The van der Waals surface area contributed by atoms with E-state index in [9.17, 15) is 5.11 Å². The molecule has 0 bridgehead atoms. The number of oxime groups is 1. The lowest BCUT2D eigenvalue weighted by molar-refractivity contribution is 0.136. The molecule has 0 spiro atoms. The molecule has 1 aromatic rings. The Labute approximate surface area is 111 Å². The van der Waals surface area contributed by atoms with Crippen molar-refractivity contribution in [3.8, 4) is 0 Å². The molecule has 1 saturated heterocycles. The first kappa shape index (κ1) is 13.5. The number of aromatic nitrogens is 2. The van der Waals surface area contributed by atoms with E-state index in [1.54, 1.807) is 13.0 Å². The molecule has 0 amide bonds. The molecule has 2 heterocycles. The van der Waals surface area contributed by atoms with Gasteiger partial charge in [0.15, 0.2) is 5.84 Å². The summed E-state index contributed by atoms with van der Waals surface area (Å²) < 4.78 is 0. The van der Waals surface area contributed by atoms with Gasteiger partial charge in [-0.15, -0.1) is 0 Å². The van der Waals surface area contributed by atoms with E-state index in [1.165, 1.54) is 0 Å². The summed E-state index contributed by atoms with van der Waals surface area (Å²) in [4.78, 5) is 10.7. The monoisotopic (exact) mass is 265 g/mol. The topological polar surface area (TPSA) is 108 Å². The summed E-state index contributed by atoms with van der Waals surface area (Å²) in [6.07, 6.45) is 0.576. The molecule has 1 fully saturated rings. The second kappa shape index (κ2) is 5.40. The van der Waals surface area contributed by atoms with Crippen molar-refractivity contribution in [3.05, 3.63) is 17.5 Å². The number of nitrogens with zero attached hydrogens (tertiary/aromatic N) is 4. The van der Waals surface area contributed by atoms with Crippen LogP contribution in [0.4, 0.5) is 5.95 Å². The van der Waals surface area contributed by atoms with Gasteiger partial charge in [0.1, 0.15) is 5.69 Å². The maximum absolute atomic E-state index is 9.61. The third-order valence-corrected chi connectivity index (χ3v) is 3.40. The molecule has 1 aromatic heterocycles. The molecular weight excluding hydrogens is 246 g/mol. The van der Waals surface area contributed by atoms with Crippen molar-refractivity contribution in [2.24, 2.45) is 16.8 Å². The Morgan fingerprint density at radius 3 is 2.89 bits per heavy atom. The van der Waals surface area contributed by atoms with Gasteiger partial charge < -0.3 is 20.9 Å². The van der Waals surface area contributed by atoms with E-state index >= 15 is 0 Å². The van der Waals surface area contributed by atoms with Crippen LogP contribution in [-0.4, -0.2) is 45.3 Å². The summed E-state index contributed by atoms with van der Waals surface area (Å²) >= 11 is 0. The number of aliphatic hydroxyl groups is 1. The maximum Gasteiger partial charge on any atom is 0.226 e. The zero-order valence-corrected chi connectivity index (χ0v) is 11.1. The zero-order chi connectivity index (χ0) is 14.0. The minimum absolute atomic E-state index is 0.0296. The second-order valence-electron chi connectivity index (χ2n) is 4.92.